The molecule has 0 radical (unpaired) electrons. The van der Waals surface area contributed by atoms with Crippen molar-refractivity contribution in [1.82, 2.24) is 0 Å². The number of benzene rings is 1. The van der Waals surface area contributed by atoms with E-state index in [1.54, 1.807) is 0 Å². The van der Waals surface area contributed by atoms with Gasteiger partial charge in [-0.1, -0.05) is 50.6 Å². The Balaban J connectivity index is 1.81. The monoisotopic (exact) mass is 259 g/mol. The molecule has 1 atom stereocenters. The Morgan fingerprint density at radius 1 is 1.00 bits per heavy atom. The molecule has 2 N–H and O–H groups in total. The first-order valence-corrected chi connectivity index (χ1v) is 7.82. The minimum absolute atomic E-state index is 0.0998. The molecule has 0 spiro atoms. The number of nitrogens with two attached hydrogens (primary N) is 1. The van der Waals surface area contributed by atoms with Gasteiger partial charge in [0.1, 0.15) is 0 Å². The van der Waals surface area contributed by atoms with Gasteiger partial charge in [-0.05, 0) is 55.9 Å². The SMILES string of the molecule is CC1(C)CCCC(N)(CCCc2ccccc2)CC1. The number of aryl methyl sites for hydroxylation is 1. The van der Waals surface area contributed by atoms with Crippen LogP contribution in [0.2, 0.25) is 0 Å². The Kier molecular flexibility index (Phi) is 4.67. The Morgan fingerprint density at radius 2 is 1.74 bits per heavy atom. The van der Waals surface area contributed by atoms with Crippen LogP contribution in [-0.2, 0) is 6.42 Å². The fourth-order valence-electron chi connectivity index (χ4n) is 3.30. The Labute approximate surface area is 118 Å². The highest BCUT2D eigenvalue weighted by Crippen LogP contribution is 2.38. The van der Waals surface area contributed by atoms with E-state index >= 15 is 0 Å². The van der Waals surface area contributed by atoms with Crippen molar-refractivity contribution < 1.29 is 0 Å². The number of hydrogen-bond acceptors (Lipinski definition) is 1. The van der Waals surface area contributed by atoms with Gasteiger partial charge in [0.2, 0.25) is 0 Å². The Hall–Kier alpha value is -0.820. The van der Waals surface area contributed by atoms with Gasteiger partial charge in [-0.2, -0.15) is 0 Å². The van der Waals surface area contributed by atoms with Crippen LogP contribution in [0.4, 0.5) is 0 Å². The summed E-state index contributed by atoms with van der Waals surface area (Å²) in [6.07, 6.45) is 9.91. The van der Waals surface area contributed by atoms with E-state index in [0.717, 1.165) is 0 Å². The van der Waals surface area contributed by atoms with Crippen LogP contribution in [0.25, 0.3) is 0 Å². The second-order valence-corrected chi connectivity index (χ2v) is 7.22. The first-order valence-electron chi connectivity index (χ1n) is 7.82. The van der Waals surface area contributed by atoms with E-state index in [0.29, 0.717) is 5.41 Å². The lowest BCUT2D eigenvalue weighted by Gasteiger charge is -2.29. The zero-order valence-electron chi connectivity index (χ0n) is 12.6. The van der Waals surface area contributed by atoms with E-state index in [1.807, 2.05) is 0 Å². The van der Waals surface area contributed by atoms with E-state index in [9.17, 15) is 0 Å². The summed E-state index contributed by atoms with van der Waals surface area (Å²) >= 11 is 0. The third-order valence-electron chi connectivity index (χ3n) is 4.81. The predicted octanol–water partition coefficient (Wildman–Crippen LogP) is 4.70. The van der Waals surface area contributed by atoms with Gasteiger partial charge < -0.3 is 5.73 Å². The zero-order valence-corrected chi connectivity index (χ0v) is 12.6. The summed E-state index contributed by atoms with van der Waals surface area (Å²) in [7, 11) is 0. The highest BCUT2D eigenvalue weighted by molar-refractivity contribution is 5.14. The number of hydrogen-bond donors (Lipinski definition) is 1. The molecule has 1 heteroatoms. The van der Waals surface area contributed by atoms with E-state index in [2.05, 4.69) is 44.2 Å². The summed E-state index contributed by atoms with van der Waals surface area (Å²) in [6, 6.07) is 10.8. The van der Waals surface area contributed by atoms with Gasteiger partial charge in [-0.25, -0.2) is 0 Å². The molecule has 1 saturated carbocycles. The van der Waals surface area contributed by atoms with E-state index < -0.39 is 0 Å². The summed E-state index contributed by atoms with van der Waals surface area (Å²) in [6.45, 7) is 4.78. The van der Waals surface area contributed by atoms with Crippen LogP contribution in [0.3, 0.4) is 0 Å². The van der Waals surface area contributed by atoms with Gasteiger partial charge in [0.15, 0.2) is 0 Å². The van der Waals surface area contributed by atoms with Gasteiger partial charge >= 0.3 is 0 Å². The molecule has 1 nitrogen and oxygen atoms in total. The van der Waals surface area contributed by atoms with Gasteiger partial charge in [-0.15, -0.1) is 0 Å². The van der Waals surface area contributed by atoms with Crippen LogP contribution in [0.15, 0.2) is 30.3 Å². The van der Waals surface area contributed by atoms with Crippen molar-refractivity contribution in [2.24, 2.45) is 11.1 Å². The molecule has 0 amide bonds. The highest BCUT2D eigenvalue weighted by Gasteiger charge is 2.31. The fraction of sp³-hybridized carbons (Fsp3) is 0.667. The van der Waals surface area contributed by atoms with Crippen LogP contribution >= 0.6 is 0 Å². The van der Waals surface area contributed by atoms with Gasteiger partial charge in [0.05, 0.1) is 0 Å². The lowest BCUT2D eigenvalue weighted by Crippen LogP contribution is -2.39. The van der Waals surface area contributed by atoms with Crippen molar-refractivity contribution in [3.8, 4) is 0 Å². The molecule has 1 aliphatic carbocycles. The smallest absolute Gasteiger partial charge is 0.0154 e. The molecule has 106 valence electrons. The first-order chi connectivity index (χ1) is 8.99. The van der Waals surface area contributed by atoms with Crippen molar-refractivity contribution in [2.75, 3.05) is 0 Å². The molecule has 0 bridgehead atoms. The Bertz CT molecular complexity index is 382. The lowest BCUT2D eigenvalue weighted by atomic mass is 9.82. The largest absolute Gasteiger partial charge is 0.325 e. The van der Waals surface area contributed by atoms with Crippen LogP contribution in [-0.4, -0.2) is 5.54 Å². The quantitative estimate of drug-likeness (QED) is 0.779. The summed E-state index contributed by atoms with van der Waals surface area (Å²) < 4.78 is 0. The van der Waals surface area contributed by atoms with Crippen molar-refractivity contribution >= 4 is 0 Å². The maximum absolute atomic E-state index is 6.64. The van der Waals surface area contributed by atoms with E-state index in [-0.39, 0.29) is 5.54 Å². The summed E-state index contributed by atoms with van der Waals surface area (Å²) in [5.41, 5.74) is 8.69. The lowest BCUT2D eigenvalue weighted by molar-refractivity contribution is 0.289. The average molecular weight is 259 g/mol. The minimum Gasteiger partial charge on any atom is -0.325 e. The maximum Gasteiger partial charge on any atom is 0.0154 e. The van der Waals surface area contributed by atoms with E-state index in [1.165, 1.54) is 56.9 Å². The van der Waals surface area contributed by atoms with Crippen molar-refractivity contribution in [2.45, 2.75) is 70.8 Å². The molecule has 1 unspecified atom stereocenters. The summed E-state index contributed by atoms with van der Waals surface area (Å²) in [5.74, 6) is 0. The third-order valence-corrected chi connectivity index (χ3v) is 4.81. The van der Waals surface area contributed by atoms with Crippen molar-refractivity contribution in [3.63, 3.8) is 0 Å². The fourth-order valence-corrected chi connectivity index (χ4v) is 3.30. The maximum atomic E-state index is 6.64. The topological polar surface area (TPSA) is 26.0 Å². The first kappa shape index (κ1) is 14.6. The normalized spacial score (nSPS) is 26.9. The number of rotatable bonds is 4. The molecule has 0 saturated heterocycles. The summed E-state index contributed by atoms with van der Waals surface area (Å²) in [4.78, 5) is 0. The van der Waals surface area contributed by atoms with Gasteiger partial charge in [0, 0.05) is 5.54 Å². The molecule has 1 fully saturated rings. The average Bonchev–Trinajstić information content (AvgIpc) is 2.51. The highest BCUT2D eigenvalue weighted by atomic mass is 14.7. The van der Waals surface area contributed by atoms with E-state index in [4.69, 9.17) is 5.73 Å². The second kappa shape index (κ2) is 6.09. The van der Waals surface area contributed by atoms with Gasteiger partial charge in [0.25, 0.3) is 0 Å². The predicted molar refractivity (Wildman–Crippen MR) is 83.2 cm³/mol. The molecule has 0 aromatic heterocycles. The molecule has 2 rings (SSSR count). The zero-order chi connectivity index (χ0) is 13.8. The van der Waals surface area contributed by atoms with Crippen molar-refractivity contribution in [1.29, 1.82) is 0 Å². The Morgan fingerprint density at radius 3 is 2.47 bits per heavy atom. The molecule has 19 heavy (non-hydrogen) atoms. The minimum atomic E-state index is 0.0998. The van der Waals surface area contributed by atoms with Crippen LogP contribution < -0.4 is 5.73 Å². The molecule has 1 aromatic carbocycles. The molecular formula is C18H29N. The molecule has 1 aliphatic rings. The molecule has 0 heterocycles. The molecular weight excluding hydrogens is 230 g/mol. The van der Waals surface area contributed by atoms with Crippen LogP contribution in [0.1, 0.15) is 64.4 Å². The standard InChI is InChI=1S/C18H29N/c1-17(2)11-7-13-18(19,15-14-17)12-6-10-16-8-4-3-5-9-16/h3-5,8-9H,6-7,10-15,19H2,1-2H3. The third kappa shape index (κ3) is 4.65. The van der Waals surface area contributed by atoms with Gasteiger partial charge in [-0.3, -0.25) is 0 Å². The second-order valence-electron chi connectivity index (χ2n) is 7.22. The molecule has 1 aromatic rings. The summed E-state index contributed by atoms with van der Waals surface area (Å²) in [5, 5.41) is 0. The van der Waals surface area contributed by atoms with Crippen molar-refractivity contribution in [3.05, 3.63) is 35.9 Å². The molecule has 0 aliphatic heterocycles. The van der Waals surface area contributed by atoms with Crippen LogP contribution in [0, 0.1) is 5.41 Å². The van der Waals surface area contributed by atoms with Crippen LogP contribution in [0.5, 0.6) is 0 Å².